The molecule has 1 aromatic carbocycles. The van der Waals surface area contributed by atoms with E-state index in [-0.39, 0.29) is 11.9 Å². The van der Waals surface area contributed by atoms with Gasteiger partial charge < -0.3 is 10.1 Å². The van der Waals surface area contributed by atoms with Gasteiger partial charge in [0.1, 0.15) is 5.75 Å². The number of nitrogens with one attached hydrogen (secondary N) is 1. The highest BCUT2D eigenvalue weighted by molar-refractivity contribution is 5.79. The molecule has 1 unspecified atom stereocenters. The molecule has 1 N–H and O–H groups in total. The van der Waals surface area contributed by atoms with Gasteiger partial charge in [-0.05, 0) is 24.3 Å². The van der Waals surface area contributed by atoms with Crippen molar-refractivity contribution >= 4 is 5.91 Å². The molecule has 1 aliphatic carbocycles. The predicted octanol–water partition coefficient (Wildman–Crippen LogP) is 3.06. The third-order valence-electron chi connectivity index (χ3n) is 4.57. The molecule has 1 saturated carbocycles. The first-order valence-electron chi connectivity index (χ1n) is 7.20. The molecule has 0 spiro atoms. The monoisotopic (exact) mass is 259 g/mol. The molecule has 0 aromatic heterocycles. The van der Waals surface area contributed by atoms with Gasteiger partial charge in [0.2, 0.25) is 5.91 Å². The van der Waals surface area contributed by atoms with Crippen LogP contribution in [-0.2, 0) is 4.79 Å². The van der Waals surface area contributed by atoms with Gasteiger partial charge in [0.25, 0.3) is 0 Å². The number of amides is 1. The molecule has 2 atom stereocenters. The average Bonchev–Trinajstić information content (AvgIpc) is 2.75. The minimum Gasteiger partial charge on any atom is -0.496 e. The topological polar surface area (TPSA) is 38.3 Å². The number of benzene rings is 1. The van der Waals surface area contributed by atoms with Crippen molar-refractivity contribution in [3.8, 4) is 5.75 Å². The van der Waals surface area contributed by atoms with Gasteiger partial charge in [-0.25, -0.2) is 0 Å². The molecule has 0 radical (unpaired) electrons. The van der Waals surface area contributed by atoms with Crippen molar-refractivity contribution in [2.75, 3.05) is 7.11 Å². The maximum atomic E-state index is 11.8. The maximum absolute atomic E-state index is 11.8. The van der Waals surface area contributed by atoms with Crippen LogP contribution in [0.1, 0.15) is 43.7 Å². The smallest absolute Gasteiger partial charge is 0.220 e. The van der Waals surface area contributed by atoms with Crippen LogP contribution in [-0.4, -0.2) is 13.0 Å². The normalized spacial score (nSPS) is 26.9. The number of para-hydroxylation sites is 1. The molecule has 2 fully saturated rings. The first-order valence-corrected chi connectivity index (χ1v) is 7.20. The second kappa shape index (κ2) is 5.24. The number of methoxy groups -OCH3 is 1. The summed E-state index contributed by atoms with van der Waals surface area (Å²) in [5, 5.41) is 3.13. The Kier molecular flexibility index (Phi) is 3.45. The molecule has 1 saturated heterocycles. The molecular weight excluding hydrogens is 238 g/mol. The predicted molar refractivity (Wildman–Crippen MR) is 73.9 cm³/mol. The molecule has 1 aliphatic heterocycles. The summed E-state index contributed by atoms with van der Waals surface area (Å²) in [6, 6.07) is 8.16. The van der Waals surface area contributed by atoms with Gasteiger partial charge in [0.15, 0.2) is 0 Å². The number of hydrogen-bond acceptors (Lipinski definition) is 2. The van der Waals surface area contributed by atoms with Crippen LogP contribution in [0.2, 0.25) is 0 Å². The fourth-order valence-electron chi connectivity index (χ4n) is 3.34. The van der Waals surface area contributed by atoms with Crippen molar-refractivity contribution in [2.45, 2.75) is 38.1 Å². The summed E-state index contributed by atoms with van der Waals surface area (Å²) in [6.45, 7) is 0. The molecule has 2 aliphatic rings. The summed E-state index contributed by atoms with van der Waals surface area (Å²) in [7, 11) is 1.69. The molecule has 19 heavy (non-hydrogen) atoms. The van der Waals surface area contributed by atoms with E-state index in [0.717, 1.165) is 17.2 Å². The summed E-state index contributed by atoms with van der Waals surface area (Å²) in [5.41, 5.74) is 1.13. The van der Waals surface area contributed by atoms with Crippen LogP contribution in [0.3, 0.4) is 0 Å². The number of rotatable bonds is 4. The largest absolute Gasteiger partial charge is 0.496 e. The van der Waals surface area contributed by atoms with Crippen molar-refractivity contribution in [2.24, 2.45) is 11.8 Å². The Bertz CT molecular complexity index is 468. The molecule has 1 aromatic rings. The summed E-state index contributed by atoms with van der Waals surface area (Å²) >= 11 is 0. The van der Waals surface area contributed by atoms with Crippen molar-refractivity contribution < 1.29 is 9.53 Å². The van der Waals surface area contributed by atoms with Gasteiger partial charge in [-0.15, -0.1) is 0 Å². The van der Waals surface area contributed by atoms with E-state index in [2.05, 4.69) is 11.4 Å². The lowest BCUT2D eigenvalue weighted by atomic mass is 9.76. The lowest BCUT2D eigenvalue weighted by Crippen LogP contribution is -2.23. The Morgan fingerprint density at radius 2 is 2.11 bits per heavy atom. The minimum absolute atomic E-state index is 0.129. The van der Waals surface area contributed by atoms with Crippen LogP contribution < -0.4 is 10.1 Å². The van der Waals surface area contributed by atoms with E-state index in [1.54, 1.807) is 7.11 Å². The Labute approximate surface area is 114 Å². The van der Waals surface area contributed by atoms with Crippen molar-refractivity contribution in [3.05, 3.63) is 29.8 Å². The van der Waals surface area contributed by atoms with Gasteiger partial charge in [-0.3, -0.25) is 4.79 Å². The van der Waals surface area contributed by atoms with E-state index in [1.807, 2.05) is 18.2 Å². The molecular formula is C16H21NO2. The van der Waals surface area contributed by atoms with E-state index >= 15 is 0 Å². The first-order chi connectivity index (χ1) is 9.28. The van der Waals surface area contributed by atoms with Crippen LogP contribution in [0.15, 0.2) is 24.3 Å². The van der Waals surface area contributed by atoms with E-state index in [9.17, 15) is 4.79 Å². The van der Waals surface area contributed by atoms with Crippen LogP contribution in [0.4, 0.5) is 0 Å². The standard InChI is InChI=1S/C16H21NO2/c1-19-14-8-3-2-7-13(14)16-12(10-15(18)17-16)9-11-5-4-6-11/h2-3,7-8,11-12,16H,4-6,9-10H2,1H3,(H,17,18)/t12-,16?/m0/s1. The summed E-state index contributed by atoms with van der Waals surface area (Å²) in [6.07, 6.45) is 5.87. The Morgan fingerprint density at radius 3 is 2.79 bits per heavy atom. The van der Waals surface area contributed by atoms with Gasteiger partial charge in [-0.2, -0.15) is 0 Å². The Morgan fingerprint density at radius 1 is 1.32 bits per heavy atom. The fourth-order valence-corrected chi connectivity index (χ4v) is 3.34. The molecule has 102 valence electrons. The van der Waals surface area contributed by atoms with Gasteiger partial charge in [0, 0.05) is 12.0 Å². The lowest BCUT2D eigenvalue weighted by Gasteiger charge is -2.30. The molecule has 3 heteroatoms. The highest BCUT2D eigenvalue weighted by Gasteiger charge is 2.37. The zero-order valence-corrected chi connectivity index (χ0v) is 11.4. The van der Waals surface area contributed by atoms with Gasteiger partial charge >= 0.3 is 0 Å². The van der Waals surface area contributed by atoms with Crippen molar-refractivity contribution in [3.63, 3.8) is 0 Å². The number of carbonyl (C=O) groups is 1. The maximum Gasteiger partial charge on any atom is 0.220 e. The van der Waals surface area contributed by atoms with E-state index in [1.165, 1.54) is 25.7 Å². The van der Waals surface area contributed by atoms with Crippen LogP contribution in [0.25, 0.3) is 0 Å². The lowest BCUT2D eigenvalue weighted by molar-refractivity contribution is -0.119. The molecule has 1 heterocycles. The van der Waals surface area contributed by atoms with Gasteiger partial charge in [0.05, 0.1) is 13.2 Å². The SMILES string of the molecule is COc1ccccc1C1NC(=O)C[C@@H]1CC1CCC1. The van der Waals surface area contributed by atoms with E-state index in [0.29, 0.717) is 12.3 Å². The van der Waals surface area contributed by atoms with Crippen molar-refractivity contribution in [1.29, 1.82) is 0 Å². The summed E-state index contributed by atoms with van der Waals surface area (Å²) in [4.78, 5) is 11.8. The second-order valence-corrected chi connectivity index (χ2v) is 5.78. The third-order valence-corrected chi connectivity index (χ3v) is 4.57. The highest BCUT2D eigenvalue weighted by Crippen LogP contribution is 2.42. The second-order valence-electron chi connectivity index (χ2n) is 5.78. The van der Waals surface area contributed by atoms with Gasteiger partial charge in [-0.1, -0.05) is 37.5 Å². The highest BCUT2D eigenvalue weighted by atomic mass is 16.5. The molecule has 1 amide bonds. The molecule has 3 rings (SSSR count). The zero-order chi connectivity index (χ0) is 13.2. The summed E-state index contributed by atoms with van der Waals surface area (Å²) in [5.74, 6) is 2.32. The molecule has 3 nitrogen and oxygen atoms in total. The molecule has 0 bridgehead atoms. The minimum atomic E-state index is 0.129. The fraction of sp³-hybridized carbons (Fsp3) is 0.562. The number of hydrogen-bond donors (Lipinski definition) is 1. The summed E-state index contributed by atoms with van der Waals surface area (Å²) < 4.78 is 5.44. The van der Waals surface area contributed by atoms with Crippen LogP contribution in [0.5, 0.6) is 5.75 Å². The third kappa shape index (κ3) is 2.46. The number of carbonyl (C=O) groups excluding carboxylic acids is 1. The first kappa shape index (κ1) is 12.5. The van der Waals surface area contributed by atoms with Crippen LogP contribution in [0, 0.1) is 11.8 Å². The van der Waals surface area contributed by atoms with Crippen LogP contribution >= 0.6 is 0 Å². The van der Waals surface area contributed by atoms with E-state index in [4.69, 9.17) is 4.74 Å². The quantitative estimate of drug-likeness (QED) is 0.902. The number of ether oxygens (including phenoxy) is 1. The van der Waals surface area contributed by atoms with E-state index < -0.39 is 0 Å². The average molecular weight is 259 g/mol. The Hall–Kier alpha value is -1.51. The zero-order valence-electron chi connectivity index (χ0n) is 11.4. The Balaban J connectivity index is 1.81. The van der Waals surface area contributed by atoms with Crippen molar-refractivity contribution in [1.82, 2.24) is 5.32 Å².